The fourth-order valence-corrected chi connectivity index (χ4v) is 0. The summed E-state index contributed by atoms with van der Waals surface area (Å²) in [6, 6.07) is 1.39. The van der Waals surface area contributed by atoms with Crippen molar-refractivity contribution >= 4 is 22.6 Å². The minimum absolute atomic E-state index is 0. The second-order valence-electron chi connectivity index (χ2n) is 0.707. The summed E-state index contributed by atoms with van der Waals surface area (Å²) in [5.41, 5.74) is 0. The van der Waals surface area contributed by atoms with Gasteiger partial charge in [-0.15, -0.1) is 12.4 Å². The largest absolute Gasteiger partial charge is 0.147 e. The van der Waals surface area contributed by atoms with E-state index in [1.54, 1.807) is 0 Å². The van der Waals surface area contributed by atoms with E-state index in [1.165, 1.54) is 16.3 Å². The Balaban J connectivity index is 0. The van der Waals surface area contributed by atoms with Crippen LogP contribution < -0.4 is 0 Å². The van der Waals surface area contributed by atoms with Crippen molar-refractivity contribution in [3.63, 3.8) is 0 Å². The molecule has 0 N–H and O–H groups in total. The molecule has 2 heteroatoms. The molecule has 0 amide bonds. The van der Waals surface area contributed by atoms with Crippen LogP contribution in [-0.4, -0.2) is 10.2 Å². The van der Waals surface area contributed by atoms with Gasteiger partial charge in [0.05, 0.1) is 0 Å². The van der Waals surface area contributed by atoms with E-state index in [1.807, 2.05) is 0 Å². The molecule has 0 nitrogen and oxygen atoms in total. The predicted molar refractivity (Wildman–Crippen MR) is 27.7 cm³/mol. The lowest BCUT2D eigenvalue weighted by Gasteiger charge is -1.47. The number of hydrogen-bond acceptors (Lipinski definition) is 0. The summed E-state index contributed by atoms with van der Waals surface area (Å²) in [5, 5.41) is 0. The summed E-state index contributed by atoms with van der Waals surface area (Å²) in [5.74, 6) is 0. The second kappa shape index (κ2) is 9.71. The summed E-state index contributed by atoms with van der Waals surface area (Å²) < 4.78 is 0. The molecule has 0 unspecified atom stereocenters. The van der Waals surface area contributed by atoms with E-state index < -0.39 is 0 Å². The second-order valence-corrected chi connectivity index (χ2v) is 2.12. The van der Waals surface area contributed by atoms with Gasteiger partial charge in [0, 0.05) is 10.2 Å². The molecule has 0 aromatic rings. The maximum Gasteiger partial charge on any atom is 0.00244 e. The Morgan fingerprint density at radius 1 is 1.75 bits per heavy atom. The summed E-state index contributed by atoms with van der Waals surface area (Å²) >= 11 is 0. The average Bonchev–Trinajstić information content (AvgIpc) is 0.918. The molecule has 0 atom stereocenters. The van der Waals surface area contributed by atoms with Crippen molar-refractivity contribution in [3.05, 3.63) is 0 Å². The number of hydrogen-bond donors (Lipinski definition) is 0. The molecule has 0 bridgehead atoms. The monoisotopic (exact) mass is 96.0 g/mol. The van der Waals surface area contributed by atoms with Gasteiger partial charge >= 0.3 is 0 Å². The molecule has 0 aromatic carbocycles. The van der Waals surface area contributed by atoms with Crippen LogP contribution in [0.1, 0.15) is 6.92 Å². The highest BCUT2D eigenvalue weighted by atomic mass is 35.5. The first-order valence-corrected chi connectivity index (χ1v) is 2.83. The highest BCUT2D eigenvalue weighted by Crippen LogP contribution is 1.49. The van der Waals surface area contributed by atoms with Crippen molar-refractivity contribution in [2.75, 3.05) is 0 Å². The molecular formula is C2H9ClSi. The van der Waals surface area contributed by atoms with Gasteiger partial charge < -0.3 is 0 Å². The predicted octanol–water partition coefficient (Wildman–Crippen LogP) is 0.212. The summed E-state index contributed by atoms with van der Waals surface area (Å²) in [6.07, 6.45) is 0. The quantitative estimate of drug-likeness (QED) is 0.379. The molecule has 0 saturated heterocycles. The van der Waals surface area contributed by atoms with Crippen LogP contribution in [0.2, 0.25) is 6.04 Å². The maximum atomic E-state index is 2.19. The number of rotatable bonds is 0. The molecule has 0 aromatic heterocycles. The maximum absolute atomic E-state index is 2.19. The van der Waals surface area contributed by atoms with Gasteiger partial charge in [0.25, 0.3) is 0 Å². The summed E-state index contributed by atoms with van der Waals surface area (Å²) in [6.45, 7) is 2.19. The van der Waals surface area contributed by atoms with Crippen molar-refractivity contribution in [2.45, 2.75) is 13.0 Å². The molecular weight excluding hydrogens is 87.6 g/mol. The fraction of sp³-hybridized carbons (Fsp3) is 1.00. The zero-order valence-electron chi connectivity index (χ0n) is 3.12. The first-order valence-electron chi connectivity index (χ1n) is 1.41. The minimum Gasteiger partial charge on any atom is -0.147 e. The van der Waals surface area contributed by atoms with Crippen LogP contribution in [0.15, 0.2) is 0 Å². The van der Waals surface area contributed by atoms with E-state index in [9.17, 15) is 0 Å². The average molecular weight is 96.6 g/mol. The van der Waals surface area contributed by atoms with Crippen LogP contribution in [0.4, 0.5) is 0 Å². The lowest BCUT2D eigenvalue weighted by atomic mass is 11.0. The highest BCUT2D eigenvalue weighted by molar-refractivity contribution is 6.08. The van der Waals surface area contributed by atoms with E-state index in [2.05, 4.69) is 6.92 Å². The highest BCUT2D eigenvalue weighted by Gasteiger charge is 1.36. The molecule has 0 fully saturated rings. The standard InChI is InChI=1S/C2H8Si.ClH/c1-2-3;/h2H2,1,3H3;1H. The molecule has 0 heterocycles. The molecule has 0 spiro atoms. The Hall–Kier alpha value is 0.507. The Morgan fingerprint density at radius 3 is 1.75 bits per heavy atom. The van der Waals surface area contributed by atoms with Gasteiger partial charge in [-0.05, 0) is 0 Å². The first-order chi connectivity index (χ1) is 1.41. The van der Waals surface area contributed by atoms with Crippen molar-refractivity contribution in [1.82, 2.24) is 0 Å². The molecule has 0 radical (unpaired) electrons. The molecule has 0 aliphatic rings. The summed E-state index contributed by atoms with van der Waals surface area (Å²) in [7, 11) is 1.37. The lowest BCUT2D eigenvalue weighted by Crippen LogP contribution is -1.41. The number of halogens is 1. The molecule has 0 aliphatic carbocycles. The van der Waals surface area contributed by atoms with Crippen LogP contribution in [0, 0.1) is 0 Å². The smallest absolute Gasteiger partial charge is 0.00244 e. The van der Waals surface area contributed by atoms with Crippen molar-refractivity contribution in [2.24, 2.45) is 0 Å². The van der Waals surface area contributed by atoms with Gasteiger partial charge in [0.15, 0.2) is 0 Å². The van der Waals surface area contributed by atoms with E-state index in [0.717, 1.165) is 0 Å². The van der Waals surface area contributed by atoms with E-state index in [-0.39, 0.29) is 12.4 Å². The SMILES string of the molecule is CC[SiH3].Cl. The van der Waals surface area contributed by atoms with E-state index in [4.69, 9.17) is 0 Å². The van der Waals surface area contributed by atoms with Crippen molar-refractivity contribution in [1.29, 1.82) is 0 Å². The third kappa shape index (κ3) is 22.2. The van der Waals surface area contributed by atoms with Gasteiger partial charge in [0.2, 0.25) is 0 Å². The van der Waals surface area contributed by atoms with Gasteiger partial charge in [-0.1, -0.05) is 13.0 Å². The minimum atomic E-state index is 0. The van der Waals surface area contributed by atoms with Crippen LogP contribution in [0.5, 0.6) is 0 Å². The van der Waals surface area contributed by atoms with Crippen LogP contribution in [0.3, 0.4) is 0 Å². The summed E-state index contributed by atoms with van der Waals surface area (Å²) in [4.78, 5) is 0. The zero-order chi connectivity index (χ0) is 2.71. The molecule has 0 aliphatic heterocycles. The van der Waals surface area contributed by atoms with E-state index in [0.29, 0.717) is 0 Å². The third-order valence-electron chi connectivity index (χ3n) is 0. The normalized spacial score (nSPS) is 5.25. The van der Waals surface area contributed by atoms with Crippen LogP contribution in [-0.2, 0) is 0 Å². The van der Waals surface area contributed by atoms with Gasteiger partial charge in [-0.3, -0.25) is 0 Å². The Bertz CT molecular complexity index is 6.00. The van der Waals surface area contributed by atoms with Gasteiger partial charge in [0.1, 0.15) is 0 Å². The van der Waals surface area contributed by atoms with Crippen LogP contribution in [0.25, 0.3) is 0 Å². The zero-order valence-corrected chi connectivity index (χ0v) is 5.93. The fourth-order valence-electron chi connectivity index (χ4n) is 0. The first kappa shape index (κ1) is 8.82. The molecule has 0 rings (SSSR count). The van der Waals surface area contributed by atoms with Gasteiger partial charge in [-0.2, -0.15) is 0 Å². The molecule has 28 valence electrons. The topological polar surface area (TPSA) is 0 Å². The van der Waals surface area contributed by atoms with Gasteiger partial charge in [-0.25, -0.2) is 0 Å². The molecule has 0 saturated carbocycles. The molecule has 4 heavy (non-hydrogen) atoms. The third-order valence-corrected chi connectivity index (χ3v) is 0. The lowest BCUT2D eigenvalue weighted by molar-refractivity contribution is 1.48. The van der Waals surface area contributed by atoms with E-state index >= 15 is 0 Å². The Kier molecular flexibility index (Phi) is 21.4. The van der Waals surface area contributed by atoms with Crippen molar-refractivity contribution < 1.29 is 0 Å². The Labute approximate surface area is 36.4 Å². The van der Waals surface area contributed by atoms with Crippen molar-refractivity contribution in [3.8, 4) is 0 Å². The Morgan fingerprint density at radius 2 is 1.75 bits per heavy atom. The van der Waals surface area contributed by atoms with Crippen LogP contribution >= 0.6 is 12.4 Å².